The topological polar surface area (TPSA) is 46.5 Å². The van der Waals surface area contributed by atoms with Crippen molar-refractivity contribution < 1.29 is 19.0 Å². The molecule has 5 heteroatoms. The maximum Gasteiger partial charge on any atom is 0.328 e. The molecule has 0 saturated heterocycles. The average Bonchev–Trinajstić information content (AvgIpc) is 2.46. The Morgan fingerprint density at radius 2 is 1.95 bits per heavy atom. The lowest BCUT2D eigenvalue weighted by molar-refractivity contribution is -0.131. The Bertz CT molecular complexity index is 666. The summed E-state index contributed by atoms with van der Waals surface area (Å²) in [7, 11) is 0. The number of carboxylic acid groups (broad SMARTS) is 1. The molecule has 0 radical (unpaired) electrons. The van der Waals surface area contributed by atoms with Gasteiger partial charge in [-0.3, -0.25) is 0 Å². The predicted molar refractivity (Wildman–Crippen MR) is 86.6 cm³/mol. The fourth-order valence-corrected chi connectivity index (χ4v) is 2.34. The predicted octanol–water partition coefficient (Wildman–Crippen LogP) is 4.11. The number of halogens is 2. The van der Waals surface area contributed by atoms with Gasteiger partial charge in [-0.25, -0.2) is 9.18 Å². The van der Waals surface area contributed by atoms with Gasteiger partial charge in [0, 0.05) is 6.08 Å². The Hall–Kier alpha value is -1.89. The van der Waals surface area contributed by atoms with E-state index in [0.717, 1.165) is 20.8 Å². The highest BCUT2D eigenvalue weighted by Gasteiger charge is 2.03. The summed E-state index contributed by atoms with van der Waals surface area (Å²) < 4.78 is 19.3. The number of ether oxygens (including phenoxy) is 1. The number of rotatable bonds is 5. The van der Waals surface area contributed by atoms with E-state index in [1.165, 1.54) is 18.2 Å². The number of hydrogen-bond donors (Lipinski definition) is 1. The van der Waals surface area contributed by atoms with Crippen LogP contribution in [0.25, 0.3) is 6.08 Å². The van der Waals surface area contributed by atoms with E-state index in [1.54, 1.807) is 24.3 Å². The van der Waals surface area contributed by atoms with Crippen LogP contribution < -0.4 is 4.74 Å². The molecule has 0 aromatic heterocycles. The van der Waals surface area contributed by atoms with E-state index in [2.05, 4.69) is 22.6 Å². The molecule has 2 rings (SSSR count). The van der Waals surface area contributed by atoms with Crippen LogP contribution in [-0.4, -0.2) is 11.1 Å². The van der Waals surface area contributed by atoms with Crippen molar-refractivity contribution in [1.29, 1.82) is 0 Å². The van der Waals surface area contributed by atoms with Crippen molar-refractivity contribution in [3.05, 3.63) is 69.1 Å². The molecule has 0 aliphatic rings. The first-order chi connectivity index (χ1) is 10.0. The average molecular weight is 398 g/mol. The molecular weight excluding hydrogens is 386 g/mol. The zero-order valence-electron chi connectivity index (χ0n) is 10.9. The van der Waals surface area contributed by atoms with Crippen LogP contribution in [0.2, 0.25) is 0 Å². The van der Waals surface area contributed by atoms with Crippen molar-refractivity contribution in [2.45, 2.75) is 6.61 Å². The summed E-state index contributed by atoms with van der Waals surface area (Å²) in [6, 6.07) is 11.5. The Kier molecular flexibility index (Phi) is 5.32. The van der Waals surface area contributed by atoms with Gasteiger partial charge in [0.25, 0.3) is 0 Å². The van der Waals surface area contributed by atoms with Gasteiger partial charge in [0.05, 0.1) is 3.57 Å². The molecule has 2 aromatic rings. The molecule has 1 N–H and O–H groups in total. The minimum Gasteiger partial charge on any atom is -0.488 e. The Morgan fingerprint density at radius 1 is 1.24 bits per heavy atom. The maximum atomic E-state index is 12.8. The smallest absolute Gasteiger partial charge is 0.328 e. The molecule has 0 fully saturated rings. The second kappa shape index (κ2) is 7.21. The lowest BCUT2D eigenvalue weighted by Gasteiger charge is -2.09. The van der Waals surface area contributed by atoms with E-state index < -0.39 is 5.97 Å². The van der Waals surface area contributed by atoms with E-state index >= 15 is 0 Å². The van der Waals surface area contributed by atoms with Gasteiger partial charge in [-0.15, -0.1) is 0 Å². The molecule has 0 aliphatic heterocycles. The summed E-state index contributed by atoms with van der Waals surface area (Å²) in [5, 5.41) is 8.59. The second-order valence-electron chi connectivity index (χ2n) is 4.28. The van der Waals surface area contributed by atoms with Crippen LogP contribution in [0.5, 0.6) is 5.75 Å². The van der Waals surface area contributed by atoms with E-state index in [0.29, 0.717) is 12.4 Å². The van der Waals surface area contributed by atoms with Gasteiger partial charge in [0.2, 0.25) is 0 Å². The van der Waals surface area contributed by atoms with Crippen molar-refractivity contribution >= 4 is 34.6 Å². The third-order valence-electron chi connectivity index (χ3n) is 2.68. The quantitative estimate of drug-likeness (QED) is 0.609. The number of carboxylic acids is 1. The van der Waals surface area contributed by atoms with E-state index in [1.807, 2.05) is 6.07 Å². The second-order valence-corrected chi connectivity index (χ2v) is 5.44. The summed E-state index contributed by atoms with van der Waals surface area (Å²) in [4.78, 5) is 10.5. The normalized spacial score (nSPS) is 10.8. The molecule has 0 spiro atoms. The largest absolute Gasteiger partial charge is 0.488 e. The molecule has 0 aliphatic carbocycles. The molecule has 0 saturated carbocycles. The first-order valence-electron chi connectivity index (χ1n) is 6.12. The highest BCUT2D eigenvalue weighted by atomic mass is 127. The van der Waals surface area contributed by atoms with E-state index in [4.69, 9.17) is 9.84 Å². The summed E-state index contributed by atoms with van der Waals surface area (Å²) in [5.74, 6) is -0.558. The monoisotopic (exact) mass is 398 g/mol. The third-order valence-corrected chi connectivity index (χ3v) is 3.52. The van der Waals surface area contributed by atoms with Crippen LogP contribution in [0.3, 0.4) is 0 Å². The van der Waals surface area contributed by atoms with Crippen molar-refractivity contribution in [1.82, 2.24) is 0 Å². The fraction of sp³-hybridized carbons (Fsp3) is 0.0625. The first kappa shape index (κ1) is 15.5. The lowest BCUT2D eigenvalue weighted by atomic mass is 10.2. The van der Waals surface area contributed by atoms with E-state index in [-0.39, 0.29) is 5.82 Å². The minimum atomic E-state index is -0.985. The van der Waals surface area contributed by atoms with Gasteiger partial charge in [0.15, 0.2) is 0 Å². The molecular formula is C16H12FIO3. The van der Waals surface area contributed by atoms with Crippen molar-refractivity contribution in [2.24, 2.45) is 0 Å². The van der Waals surface area contributed by atoms with Gasteiger partial charge in [-0.1, -0.05) is 18.2 Å². The Balaban J connectivity index is 2.04. The zero-order valence-corrected chi connectivity index (χ0v) is 13.1. The molecule has 2 aromatic carbocycles. The van der Waals surface area contributed by atoms with Crippen LogP contribution in [0.15, 0.2) is 48.5 Å². The van der Waals surface area contributed by atoms with Gasteiger partial charge >= 0.3 is 5.97 Å². The SMILES string of the molecule is O=C(O)/C=C/c1ccc(OCc2ccc(F)cc2)c(I)c1. The third kappa shape index (κ3) is 4.86. The molecule has 3 nitrogen and oxygen atoms in total. The van der Waals surface area contributed by atoms with Crippen molar-refractivity contribution in [3.8, 4) is 5.75 Å². The fourth-order valence-electron chi connectivity index (χ4n) is 1.65. The zero-order chi connectivity index (χ0) is 15.2. The molecule has 21 heavy (non-hydrogen) atoms. The molecule has 0 unspecified atom stereocenters. The number of carbonyl (C=O) groups is 1. The highest BCUT2D eigenvalue weighted by Crippen LogP contribution is 2.23. The van der Waals surface area contributed by atoms with Crippen molar-refractivity contribution in [2.75, 3.05) is 0 Å². The lowest BCUT2D eigenvalue weighted by Crippen LogP contribution is -1.97. The highest BCUT2D eigenvalue weighted by molar-refractivity contribution is 14.1. The van der Waals surface area contributed by atoms with Crippen LogP contribution in [0.1, 0.15) is 11.1 Å². The van der Waals surface area contributed by atoms with Gasteiger partial charge in [-0.2, -0.15) is 0 Å². The summed E-state index contributed by atoms with van der Waals surface area (Å²) in [6.07, 6.45) is 2.61. The summed E-state index contributed by atoms with van der Waals surface area (Å²) >= 11 is 2.12. The van der Waals surface area contributed by atoms with Crippen LogP contribution >= 0.6 is 22.6 Å². The Morgan fingerprint density at radius 3 is 2.57 bits per heavy atom. The maximum absolute atomic E-state index is 12.8. The van der Waals surface area contributed by atoms with Crippen LogP contribution in [0.4, 0.5) is 4.39 Å². The molecule has 0 atom stereocenters. The van der Waals surface area contributed by atoms with Crippen LogP contribution in [0, 0.1) is 9.39 Å². The van der Waals surface area contributed by atoms with Crippen molar-refractivity contribution in [3.63, 3.8) is 0 Å². The standard InChI is InChI=1S/C16H12FIO3/c17-13-5-1-12(2-6-13)10-21-15-7-3-11(9-14(15)18)4-8-16(19)20/h1-9H,10H2,(H,19,20)/b8-4+. The van der Waals surface area contributed by atoms with Gasteiger partial charge in [0.1, 0.15) is 18.2 Å². The van der Waals surface area contributed by atoms with Gasteiger partial charge in [-0.05, 0) is 64.1 Å². The molecule has 0 heterocycles. The molecule has 0 amide bonds. The van der Waals surface area contributed by atoms with Crippen LogP contribution in [-0.2, 0) is 11.4 Å². The first-order valence-corrected chi connectivity index (χ1v) is 7.20. The molecule has 0 bridgehead atoms. The number of aliphatic carboxylic acids is 1. The van der Waals surface area contributed by atoms with Gasteiger partial charge < -0.3 is 9.84 Å². The number of benzene rings is 2. The summed E-state index contributed by atoms with van der Waals surface area (Å²) in [6.45, 7) is 0.348. The summed E-state index contributed by atoms with van der Waals surface area (Å²) in [5.41, 5.74) is 1.66. The van der Waals surface area contributed by atoms with E-state index in [9.17, 15) is 9.18 Å². The minimum absolute atomic E-state index is 0.275. The number of hydrogen-bond acceptors (Lipinski definition) is 2. The molecule has 108 valence electrons. The Labute approximate surface area is 135 Å².